The molecule has 0 spiro atoms. The van der Waals surface area contributed by atoms with Gasteiger partial charge in [0.05, 0.1) is 0 Å². The molecule has 1 aliphatic rings. The van der Waals surface area contributed by atoms with Crippen molar-refractivity contribution in [3.63, 3.8) is 0 Å². The summed E-state index contributed by atoms with van der Waals surface area (Å²) in [6, 6.07) is 3.80. The van der Waals surface area contributed by atoms with Crippen molar-refractivity contribution in [2.45, 2.75) is 26.7 Å². The smallest absolute Gasteiger partial charge is 0.175 e. The molecule has 1 fully saturated rings. The molecule has 0 atom stereocenters. The van der Waals surface area contributed by atoms with E-state index in [9.17, 15) is 0 Å². The fraction of sp³-hybridized carbons (Fsp3) is 0.462. The van der Waals surface area contributed by atoms with Gasteiger partial charge in [0.25, 0.3) is 0 Å². The maximum Gasteiger partial charge on any atom is 0.175 e. The van der Waals surface area contributed by atoms with E-state index in [1.54, 1.807) is 0 Å². The molecule has 2 aromatic heterocycles. The van der Waals surface area contributed by atoms with Crippen molar-refractivity contribution in [3.8, 4) is 0 Å². The van der Waals surface area contributed by atoms with E-state index in [0.717, 1.165) is 36.3 Å². The van der Waals surface area contributed by atoms with E-state index in [2.05, 4.69) is 25.3 Å². The highest BCUT2D eigenvalue weighted by molar-refractivity contribution is 5.56. The van der Waals surface area contributed by atoms with Gasteiger partial charge < -0.3 is 14.7 Å². The average Bonchev–Trinajstić information content (AvgIpc) is 3.00. The van der Waals surface area contributed by atoms with Crippen LogP contribution in [0.25, 0.3) is 0 Å². The van der Waals surface area contributed by atoms with Crippen LogP contribution in [0.3, 0.4) is 0 Å². The number of anilines is 3. The van der Waals surface area contributed by atoms with Gasteiger partial charge in [-0.1, -0.05) is 5.16 Å². The van der Waals surface area contributed by atoms with Crippen molar-refractivity contribution >= 4 is 17.5 Å². The minimum absolute atomic E-state index is 0.669. The topological polar surface area (TPSA) is 67.1 Å². The van der Waals surface area contributed by atoms with Gasteiger partial charge in [-0.05, 0) is 26.7 Å². The Bertz CT molecular complexity index is 574. The number of hydrogen-bond acceptors (Lipinski definition) is 6. The van der Waals surface area contributed by atoms with E-state index in [-0.39, 0.29) is 0 Å². The molecule has 19 heavy (non-hydrogen) atoms. The molecule has 6 heteroatoms. The van der Waals surface area contributed by atoms with Gasteiger partial charge in [-0.15, -0.1) is 0 Å². The largest absolute Gasteiger partial charge is 0.360 e. The lowest BCUT2D eigenvalue weighted by atomic mass is 10.4. The lowest BCUT2D eigenvalue weighted by Crippen LogP contribution is -2.19. The monoisotopic (exact) mass is 259 g/mol. The Morgan fingerprint density at radius 2 is 1.89 bits per heavy atom. The molecule has 0 unspecified atom stereocenters. The number of aryl methyl sites for hydroxylation is 2. The third-order valence-corrected chi connectivity index (χ3v) is 3.14. The van der Waals surface area contributed by atoms with Gasteiger partial charge in [0, 0.05) is 25.2 Å². The van der Waals surface area contributed by atoms with Crippen molar-refractivity contribution < 1.29 is 4.52 Å². The number of nitrogens with zero attached hydrogens (tertiary/aromatic N) is 4. The van der Waals surface area contributed by atoms with E-state index in [1.807, 2.05) is 26.0 Å². The molecule has 0 saturated carbocycles. The maximum absolute atomic E-state index is 5.03. The molecule has 3 heterocycles. The molecule has 0 radical (unpaired) electrons. The standard InChI is InChI=1S/C13H17N5O/c1-9-7-12(17-19-9)16-11-8-13(15-10(2)14-11)18-5-3-4-6-18/h7-8H,3-6H2,1-2H3,(H,14,15,16,17). The zero-order valence-corrected chi connectivity index (χ0v) is 11.2. The Kier molecular flexibility index (Phi) is 3.06. The first kappa shape index (κ1) is 12.0. The lowest BCUT2D eigenvalue weighted by Gasteiger charge is -2.17. The van der Waals surface area contributed by atoms with E-state index in [1.165, 1.54) is 12.8 Å². The Morgan fingerprint density at radius 1 is 1.11 bits per heavy atom. The van der Waals surface area contributed by atoms with Crippen LogP contribution in [0.2, 0.25) is 0 Å². The number of nitrogens with one attached hydrogen (secondary N) is 1. The molecule has 1 aliphatic heterocycles. The fourth-order valence-electron chi connectivity index (χ4n) is 2.28. The molecule has 0 aromatic carbocycles. The van der Waals surface area contributed by atoms with E-state index in [4.69, 9.17) is 4.52 Å². The molecular formula is C13H17N5O. The molecule has 2 aromatic rings. The van der Waals surface area contributed by atoms with Crippen molar-refractivity contribution in [3.05, 3.63) is 23.7 Å². The highest BCUT2D eigenvalue weighted by atomic mass is 16.5. The van der Waals surface area contributed by atoms with Gasteiger partial charge >= 0.3 is 0 Å². The Labute approximate surface area is 111 Å². The third kappa shape index (κ3) is 2.67. The highest BCUT2D eigenvalue weighted by Gasteiger charge is 2.15. The maximum atomic E-state index is 5.03. The van der Waals surface area contributed by atoms with Crippen LogP contribution in [-0.2, 0) is 0 Å². The minimum Gasteiger partial charge on any atom is -0.360 e. The first-order valence-corrected chi connectivity index (χ1v) is 6.52. The predicted molar refractivity (Wildman–Crippen MR) is 72.7 cm³/mol. The summed E-state index contributed by atoms with van der Waals surface area (Å²) in [5.74, 6) is 3.93. The lowest BCUT2D eigenvalue weighted by molar-refractivity contribution is 0.400. The van der Waals surface area contributed by atoms with Crippen molar-refractivity contribution in [2.75, 3.05) is 23.3 Å². The summed E-state index contributed by atoms with van der Waals surface area (Å²) in [4.78, 5) is 11.2. The third-order valence-electron chi connectivity index (χ3n) is 3.14. The van der Waals surface area contributed by atoms with Crippen LogP contribution in [0, 0.1) is 13.8 Å². The highest BCUT2D eigenvalue weighted by Crippen LogP contribution is 2.22. The van der Waals surface area contributed by atoms with Gasteiger partial charge in [-0.2, -0.15) is 0 Å². The first-order chi connectivity index (χ1) is 9.20. The van der Waals surface area contributed by atoms with E-state index < -0.39 is 0 Å². The normalized spacial score (nSPS) is 14.9. The summed E-state index contributed by atoms with van der Waals surface area (Å²) in [5, 5.41) is 7.05. The SMILES string of the molecule is Cc1nc(Nc2cc(C)on2)cc(N2CCCC2)n1. The van der Waals surface area contributed by atoms with Crippen LogP contribution < -0.4 is 10.2 Å². The van der Waals surface area contributed by atoms with Crippen molar-refractivity contribution in [1.29, 1.82) is 0 Å². The van der Waals surface area contributed by atoms with Gasteiger partial charge in [0.2, 0.25) is 0 Å². The predicted octanol–water partition coefficient (Wildman–Crippen LogP) is 2.43. The van der Waals surface area contributed by atoms with E-state index in [0.29, 0.717) is 5.82 Å². The molecule has 0 amide bonds. The molecular weight excluding hydrogens is 242 g/mol. The quantitative estimate of drug-likeness (QED) is 0.913. The number of hydrogen-bond donors (Lipinski definition) is 1. The van der Waals surface area contributed by atoms with Crippen LogP contribution in [0.5, 0.6) is 0 Å². The average molecular weight is 259 g/mol. The van der Waals surface area contributed by atoms with Crippen LogP contribution in [0.4, 0.5) is 17.5 Å². The number of aromatic nitrogens is 3. The molecule has 0 bridgehead atoms. The summed E-state index contributed by atoms with van der Waals surface area (Å²) in [6.45, 7) is 5.90. The summed E-state index contributed by atoms with van der Waals surface area (Å²) in [7, 11) is 0. The summed E-state index contributed by atoms with van der Waals surface area (Å²) < 4.78 is 5.03. The molecule has 0 aliphatic carbocycles. The summed E-state index contributed by atoms with van der Waals surface area (Å²) in [6.07, 6.45) is 2.46. The van der Waals surface area contributed by atoms with Gasteiger partial charge in [0.1, 0.15) is 23.2 Å². The van der Waals surface area contributed by atoms with Gasteiger partial charge in [0.15, 0.2) is 5.82 Å². The summed E-state index contributed by atoms with van der Waals surface area (Å²) in [5.41, 5.74) is 0. The molecule has 100 valence electrons. The van der Waals surface area contributed by atoms with Crippen molar-refractivity contribution in [2.24, 2.45) is 0 Å². The molecule has 1 saturated heterocycles. The molecule has 1 N–H and O–H groups in total. The second kappa shape index (κ2) is 4.87. The van der Waals surface area contributed by atoms with Crippen LogP contribution in [0.15, 0.2) is 16.7 Å². The zero-order chi connectivity index (χ0) is 13.2. The van der Waals surface area contributed by atoms with Crippen LogP contribution in [-0.4, -0.2) is 28.2 Å². The fourth-order valence-corrected chi connectivity index (χ4v) is 2.28. The second-order valence-corrected chi connectivity index (χ2v) is 4.80. The molecule has 3 rings (SSSR count). The summed E-state index contributed by atoms with van der Waals surface area (Å²) >= 11 is 0. The minimum atomic E-state index is 0.669. The second-order valence-electron chi connectivity index (χ2n) is 4.80. The van der Waals surface area contributed by atoms with E-state index >= 15 is 0 Å². The van der Waals surface area contributed by atoms with Crippen molar-refractivity contribution in [1.82, 2.24) is 15.1 Å². The molecule has 6 nitrogen and oxygen atoms in total. The van der Waals surface area contributed by atoms with Gasteiger partial charge in [-0.25, -0.2) is 9.97 Å². The Morgan fingerprint density at radius 3 is 2.58 bits per heavy atom. The Balaban J connectivity index is 1.84. The van der Waals surface area contributed by atoms with Crippen LogP contribution in [0.1, 0.15) is 24.4 Å². The Hall–Kier alpha value is -2.11. The zero-order valence-electron chi connectivity index (χ0n) is 11.2. The van der Waals surface area contributed by atoms with Gasteiger partial charge in [-0.3, -0.25) is 0 Å². The number of rotatable bonds is 3. The first-order valence-electron chi connectivity index (χ1n) is 6.52. The van der Waals surface area contributed by atoms with Crippen LogP contribution >= 0.6 is 0 Å².